The highest BCUT2D eigenvalue weighted by Crippen LogP contribution is 2.41. The second-order valence-electron chi connectivity index (χ2n) is 14.9. The fraction of sp³-hybridized carbons (Fsp3) is 0.405. The molecule has 9 heteroatoms. The monoisotopic (exact) mass is 694 g/mol. The number of aryl methyl sites for hydroxylation is 2. The number of hydrogen-bond acceptors (Lipinski definition) is 6. The molecule has 2 fully saturated rings. The number of rotatable bonds is 11. The van der Waals surface area contributed by atoms with E-state index < -0.39 is 17.1 Å². The molecule has 0 aliphatic heterocycles. The van der Waals surface area contributed by atoms with Crippen molar-refractivity contribution in [2.24, 2.45) is 10.8 Å². The largest absolute Gasteiger partial charge is 0.496 e. The average molecular weight is 695 g/mol. The summed E-state index contributed by atoms with van der Waals surface area (Å²) in [5.74, 6) is -1.80. The van der Waals surface area contributed by atoms with Gasteiger partial charge in [-0.1, -0.05) is 61.9 Å². The molecule has 2 amide bonds. The number of ether oxygens (including phenoxy) is 3. The Labute approximate surface area is 299 Å². The molecule has 0 heterocycles. The maximum atomic E-state index is 15.3. The van der Waals surface area contributed by atoms with Crippen molar-refractivity contribution in [1.82, 2.24) is 5.32 Å². The fourth-order valence-corrected chi connectivity index (χ4v) is 7.28. The minimum absolute atomic E-state index is 0.0381. The number of carbonyl (C=O) groups is 3. The Bertz CT molecular complexity index is 1960. The van der Waals surface area contributed by atoms with Crippen LogP contribution in [0.15, 0.2) is 66.7 Å². The number of benzene rings is 4. The average Bonchev–Trinajstić information content (AvgIpc) is 3.11. The summed E-state index contributed by atoms with van der Waals surface area (Å²) in [6, 6.07) is 20.1. The quantitative estimate of drug-likeness (QED) is 0.152. The molecule has 0 saturated heterocycles. The van der Waals surface area contributed by atoms with Crippen molar-refractivity contribution in [2.75, 3.05) is 19.0 Å². The van der Waals surface area contributed by atoms with Crippen molar-refractivity contribution in [3.05, 3.63) is 100 Å². The van der Waals surface area contributed by atoms with Gasteiger partial charge in [-0.05, 0) is 104 Å². The Kier molecular flexibility index (Phi) is 10.4. The third kappa shape index (κ3) is 7.87. The SMILES string of the molecule is COc1cc(F)c(O[C@H]2CC[C@@](C)(C(=O)OCc3cccc4ccccc34)CC2)cc1C(=O)Nc1c(C)cc(C)cc1C(=O)NCC1(C)CCC1. The van der Waals surface area contributed by atoms with E-state index in [2.05, 4.69) is 17.6 Å². The highest BCUT2D eigenvalue weighted by atomic mass is 19.1. The molecule has 4 aromatic rings. The molecule has 0 aromatic heterocycles. The first kappa shape index (κ1) is 35.9. The maximum Gasteiger partial charge on any atom is 0.312 e. The van der Waals surface area contributed by atoms with Gasteiger partial charge in [-0.2, -0.15) is 0 Å². The fourth-order valence-electron chi connectivity index (χ4n) is 7.28. The Morgan fingerprint density at radius 1 is 0.863 bits per heavy atom. The molecule has 0 spiro atoms. The number of halogens is 1. The molecular weight excluding hydrogens is 647 g/mol. The molecule has 0 unspecified atom stereocenters. The highest BCUT2D eigenvalue weighted by Gasteiger charge is 2.40. The second kappa shape index (κ2) is 14.7. The zero-order chi connectivity index (χ0) is 36.3. The molecule has 8 nitrogen and oxygen atoms in total. The summed E-state index contributed by atoms with van der Waals surface area (Å²) >= 11 is 0. The van der Waals surface area contributed by atoms with Crippen LogP contribution in [0.1, 0.15) is 96.2 Å². The van der Waals surface area contributed by atoms with Gasteiger partial charge < -0.3 is 24.8 Å². The summed E-state index contributed by atoms with van der Waals surface area (Å²) in [4.78, 5) is 40.4. The lowest BCUT2D eigenvalue weighted by atomic mass is 9.70. The van der Waals surface area contributed by atoms with Crippen molar-refractivity contribution in [2.45, 2.75) is 85.4 Å². The van der Waals surface area contributed by atoms with Crippen molar-refractivity contribution >= 4 is 34.2 Å². The first-order chi connectivity index (χ1) is 24.4. The minimum Gasteiger partial charge on any atom is -0.496 e. The van der Waals surface area contributed by atoms with Crippen LogP contribution in [-0.2, 0) is 16.1 Å². The van der Waals surface area contributed by atoms with Crippen LogP contribution in [0.5, 0.6) is 11.5 Å². The molecular formula is C42H47FN2O6. The molecule has 6 rings (SSSR count). The Hall–Kier alpha value is -4.92. The normalized spacial score (nSPS) is 19.5. The van der Waals surface area contributed by atoms with Crippen molar-refractivity contribution in [1.29, 1.82) is 0 Å². The molecule has 2 aliphatic carbocycles. The number of fused-ring (bicyclic) bond motifs is 1. The summed E-state index contributed by atoms with van der Waals surface area (Å²) in [5, 5.41) is 8.10. The summed E-state index contributed by atoms with van der Waals surface area (Å²) in [6.07, 6.45) is 4.96. The predicted molar refractivity (Wildman–Crippen MR) is 196 cm³/mol. The van der Waals surface area contributed by atoms with Crippen molar-refractivity contribution in [3.63, 3.8) is 0 Å². The van der Waals surface area contributed by atoms with Gasteiger partial charge in [0.1, 0.15) is 12.4 Å². The van der Waals surface area contributed by atoms with Gasteiger partial charge in [0, 0.05) is 12.6 Å². The Morgan fingerprint density at radius 2 is 1.59 bits per heavy atom. The van der Waals surface area contributed by atoms with Gasteiger partial charge in [-0.15, -0.1) is 0 Å². The molecule has 268 valence electrons. The topological polar surface area (TPSA) is 103 Å². The Morgan fingerprint density at radius 3 is 2.29 bits per heavy atom. The Balaban J connectivity index is 1.11. The molecule has 0 bridgehead atoms. The van der Waals surface area contributed by atoms with E-state index >= 15 is 4.39 Å². The van der Waals surface area contributed by atoms with Crippen LogP contribution in [-0.4, -0.2) is 37.5 Å². The smallest absolute Gasteiger partial charge is 0.312 e. The number of methoxy groups -OCH3 is 1. The van der Waals surface area contributed by atoms with Gasteiger partial charge in [0.15, 0.2) is 11.6 Å². The van der Waals surface area contributed by atoms with Crippen LogP contribution in [0.25, 0.3) is 10.8 Å². The summed E-state index contributed by atoms with van der Waals surface area (Å²) < 4.78 is 32.7. The lowest BCUT2D eigenvalue weighted by molar-refractivity contribution is -0.159. The van der Waals surface area contributed by atoms with Gasteiger partial charge in [0.25, 0.3) is 11.8 Å². The van der Waals surface area contributed by atoms with E-state index in [0.717, 1.165) is 52.8 Å². The van der Waals surface area contributed by atoms with E-state index in [1.807, 2.05) is 69.3 Å². The molecule has 2 saturated carbocycles. The van der Waals surface area contributed by atoms with Crippen molar-refractivity contribution in [3.8, 4) is 11.5 Å². The first-order valence-corrected chi connectivity index (χ1v) is 17.8. The predicted octanol–water partition coefficient (Wildman–Crippen LogP) is 8.85. The molecule has 4 aromatic carbocycles. The van der Waals surface area contributed by atoms with Crippen LogP contribution in [0.2, 0.25) is 0 Å². The van der Waals surface area contributed by atoms with Crippen molar-refractivity contribution < 1.29 is 33.0 Å². The number of amides is 2. The van der Waals surface area contributed by atoms with E-state index in [1.54, 1.807) is 6.07 Å². The molecule has 2 N–H and O–H groups in total. The zero-order valence-corrected chi connectivity index (χ0v) is 30.1. The van der Waals surface area contributed by atoms with E-state index in [9.17, 15) is 14.4 Å². The molecule has 2 aliphatic rings. The lowest BCUT2D eigenvalue weighted by Crippen LogP contribution is -2.40. The summed E-state index contributed by atoms with van der Waals surface area (Å²) in [5.41, 5.74) is 2.78. The second-order valence-corrected chi connectivity index (χ2v) is 14.9. The van der Waals surface area contributed by atoms with Crippen LogP contribution >= 0.6 is 0 Å². The minimum atomic E-state index is -0.695. The van der Waals surface area contributed by atoms with Gasteiger partial charge in [0.2, 0.25) is 0 Å². The summed E-state index contributed by atoms with van der Waals surface area (Å²) in [7, 11) is 1.37. The molecule has 0 atom stereocenters. The van der Waals surface area contributed by atoms with Crippen LogP contribution < -0.4 is 20.1 Å². The third-order valence-corrected chi connectivity index (χ3v) is 10.8. The standard InChI is InChI=1S/C42H47FN2O6/c1-26-20-27(2)37(33(21-26)38(46)44-25-41(3)16-9-17-41)45-39(47)32-22-36(34(43)23-35(32)49-5)51-30-14-18-42(4,19-15-30)40(48)50-24-29-12-8-11-28-10-6-7-13-31(28)29/h6-8,10-13,20-23,30H,9,14-19,24-25H2,1-5H3,(H,44,46)(H,45,47)/t30-,42+. The molecule has 51 heavy (non-hydrogen) atoms. The number of esters is 1. The molecule has 0 radical (unpaired) electrons. The maximum absolute atomic E-state index is 15.3. The highest BCUT2D eigenvalue weighted by molar-refractivity contribution is 6.11. The van der Waals surface area contributed by atoms with E-state index in [0.29, 0.717) is 43.5 Å². The van der Waals surface area contributed by atoms with E-state index in [-0.39, 0.29) is 47.1 Å². The third-order valence-electron chi connectivity index (χ3n) is 10.8. The zero-order valence-electron chi connectivity index (χ0n) is 30.1. The van der Waals surface area contributed by atoms with E-state index in [1.165, 1.54) is 13.2 Å². The van der Waals surface area contributed by atoms with E-state index in [4.69, 9.17) is 14.2 Å². The van der Waals surface area contributed by atoms with Crippen LogP contribution in [0.4, 0.5) is 10.1 Å². The van der Waals surface area contributed by atoms with Gasteiger partial charge in [0.05, 0.1) is 35.4 Å². The lowest BCUT2D eigenvalue weighted by Gasteiger charge is -2.38. The van der Waals surface area contributed by atoms with Crippen LogP contribution in [0, 0.1) is 30.5 Å². The van der Waals surface area contributed by atoms with Gasteiger partial charge in [-0.3, -0.25) is 14.4 Å². The van der Waals surface area contributed by atoms with Gasteiger partial charge in [-0.25, -0.2) is 4.39 Å². The number of carbonyl (C=O) groups excluding carboxylic acids is 3. The first-order valence-electron chi connectivity index (χ1n) is 17.8. The number of anilines is 1. The number of nitrogens with one attached hydrogen (secondary N) is 2. The van der Waals surface area contributed by atoms with Gasteiger partial charge >= 0.3 is 5.97 Å². The number of hydrogen-bond donors (Lipinski definition) is 2. The summed E-state index contributed by atoms with van der Waals surface area (Å²) in [6.45, 7) is 8.55. The van der Waals surface area contributed by atoms with Crippen LogP contribution in [0.3, 0.4) is 0 Å².